The third kappa shape index (κ3) is 4.37. The summed E-state index contributed by atoms with van der Waals surface area (Å²) in [4.78, 5) is 23.3. The molecule has 0 bridgehead atoms. The molecule has 0 heterocycles. The number of carbonyl (C=O) groups excluding carboxylic acids is 2. The molecule has 0 saturated carbocycles. The summed E-state index contributed by atoms with van der Waals surface area (Å²) in [6.45, 7) is 5.53. The molecule has 96 valence electrons. The van der Waals surface area contributed by atoms with E-state index in [4.69, 9.17) is 0 Å². The number of amides is 2. The molecule has 18 heavy (non-hydrogen) atoms. The number of benzene rings is 1. The van der Waals surface area contributed by atoms with E-state index in [9.17, 15) is 9.59 Å². The van der Waals surface area contributed by atoms with Crippen LogP contribution in [-0.2, 0) is 10.5 Å². The summed E-state index contributed by atoms with van der Waals surface area (Å²) in [5.74, 6) is 1.10. The maximum Gasteiger partial charge on any atom is 0.258 e. The Labute approximate surface area is 112 Å². The van der Waals surface area contributed by atoms with Gasteiger partial charge >= 0.3 is 0 Å². The Morgan fingerprint density at radius 3 is 2.78 bits per heavy atom. The van der Waals surface area contributed by atoms with Crippen LogP contribution in [0.2, 0.25) is 0 Å². The monoisotopic (exact) mass is 263 g/mol. The van der Waals surface area contributed by atoms with Gasteiger partial charge in [-0.15, -0.1) is 6.58 Å². The molecule has 0 spiro atoms. The molecular weight excluding hydrogens is 246 g/mol. The second kappa shape index (κ2) is 7.71. The smallest absolute Gasteiger partial charge is 0.258 e. The fraction of sp³-hybridized carbons (Fsp3) is 0.286. The molecule has 4 heteroatoms. The van der Waals surface area contributed by atoms with Crippen molar-refractivity contribution in [2.24, 2.45) is 0 Å². The van der Waals surface area contributed by atoms with E-state index in [-0.39, 0.29) is 18.2 Å². The number of rotatable bonds is 6. The molecule has 1 aromatic rings. The molecule has 2 amide bonds. The normalized spacial score (nSPS) is 9.83. The van der Waals surface area contributed by atoms with E-state index in [2.05, 4.69) is 18.8 Å². The van der Waals surface area contributed by atoms with Crippen molar-refractivity contribution in [1.29, 1.82) is 0 Å². The molecule has 0 aliphatic heterocycles. The van der Waals surface area contributed by atoms with E-state index < -0.39 is 0 Å². The molecule has 1 rings (SSSR count). The van der Waals surface area contributed by atoms with Crippen LogP contribution in [0.4, 0.5) is 0 Å². The largest absolute Gasteiger partial charge is 0.292 e. The molecule has 3 nitrogen and oxygen atoms in total. The minimum atomic E-state index is -0.339. The quantitative estimate of drug-likeness (QED) is 0.803. The van der Waals surface area contributed by atoms with Gasteiger partial charge in [0.1, 0.15) is 0 Å². The van der Waals surface area contributed by atoms with Gasteiger partial charge in [0.25, 0.3) is 5.91 Å². The van der Waals surface area contributed by atoms with Crippen molar-refractivity contribution in [2.45, 2.75) is 19.1 Å². The Kier molecular flexibility index (Phi) is 6.22. The van der Waals surface area contributed by atoms with Gasteiger partial charge in [-0.2, -0.15) is 11.8 Å². The van der Waals surface area contributed by atoms with Crippen LogP contribution in [-0.4, -0.2) is 17.6 Å². The third-order valence-corrected chi connectivity index (χ3v) is 3.23. The maximum absolute atomic E-state index is 11.9. The highest BCUT2D eigenvalue weighted by molar-refractivity contribution is 7.98. The number of thioether (sulfide) groups is 1. The molecule has 0 atom stereocenters. The van der Waals surface area contributed by atoms with Gasteiger partial charge in [-0.3, -0.25) is 14.9 Å². The molecule has 0 aliphatic carbocycles. The van der Waals surface area contributed by atoms with Gasteiger partial charge in [0.2, 0.25) is 5.91 Å². The van der Waals surface area contributed by atoms with Gasteiger partial charge in [-0.1, -0.05) is 31.2 Å². The van der Waals surface area contributed by atoms with Gasteiger partial charge in [0.15, 0.2) is 0 Å². The van der Waals surface area contributed by atoms with Crippen molar-refractivity contribution >= 4 is 23.6 Å². The van der Waals surface area contributed by atoms with Crippen molar-refractivity contribution in [3.8, 4) is 0 Å². The molecule has 0 aromatic heterocycles. The minimum Gasteiger partial charge on any atom is -0.292 e. The Balaban J connectivity index is 2.77. The van der Waals surface area contributed by atoms with E-state index in [1.54, 1.807) is 23.9 Å². The first-order valence-corrected chi connectivity index (χ1v) is 6.95. The first kappa shape index (κ1) is 14.5. The van der Waals surface area contributed by atoms with Crippen molar-refractivity contribution in [1.82, 2.24) is 5.32 Å². The number of hydrogen-bond acceptors (Lipinski definition) is 3. The van der Waals surface area contributed by atoms with Gasteiger partial charge in [0, 0.05) is 17.7 Å². The summed E-state index contributed by atoms with van der Waals surface area (Å²) < 4.78 is 0. The first-order valence-electron chi connectivity index (χ1n) is 5.79. The molecule has 0 saturated heterocycles. The van der Waals surface area contributed by atoms with Crippen LogP contribution in [0.15, 0.2) is 36.9 Å². The lowest BCUT2D eigenvalue weighted by atomic mass is 10.1. The Morgan fingerprint density at radius 1 is 1.39 bits per heavy atom. The molecule has 0 radical (unpaired) electrons. The van der Waals surface area contributed by atoms with Gasteiger partial charge < -0.3 is 0 Å². The fourth-order valence-electron chi connectivity index (χ4n) is 1.46. The summed E-state index contributed by atoms with van der Waals surface area (Å²) in [6, 6.07) is 7.35. The van der Waals surface area contributed by atoms with Gasteiger partial charge in [-0.05, 0) is 17.4 Å². The summed E-state index contributed by atoms with van der Waals surface area (Å²) in [7, 11) is 0. The van der Waals surface area contributed by atoms with Gasteiger partial charge in [0.05, 0.1) is 0 Å². The fourth-order valence-corrected chi connectivity index (χ4v) is 2.13. The van der Waals surface area contributed by atoms with Crippen LogP contribution >= 0.6 is 11.8 Å². The zero-order chi connectivity index (χ0) is 13.4. The van der Waals surface area contributed by atoms with Gasteiger partial charge in [-0.25, -0.2) is 0 Å². The summed E-state index contributed by atoms with van der Waals surface area (Å²) in [6.07, 6.45) is 1.62. The highest BCUT2D eigenvalue weighted by atomic mass is 32.2. The number of imide groups is 1. The maximum atomic E-state index is 11.9. The van der Waals surface area contributed by atoms with Crippen LogP contribution in [0.1, 0.15) is 29.3 Å². The number of carbonyl (C=O) groups is 2. The summed E-state index contributed by atoms with van der Waals surface area (Å²) >= 11 is 1.74. The van der Waals surface area contributed by atoms with E-state index in [1.165, 1.54) is 6.08 Å². The molecule has 0 unspecified atom stereocenters. The Morgan fingerprint density at radius 2 is 2.11 bits per heavy atom. The SMILES string of the molecule is C=CCC(=O)NC(=O)c1ccccc1CSCC. The molecular formula is C14H17NO2S. The average molecular weight is 263 g/mol. The van der Waals surface area contributed by atoms with Crippen LogP contribution in [0, 0.1) is 0 Å². The predicted molar refractivity (Wildman–Crippen MR) is 75.6 cm³/mol. The van der Waals surface area contributed by atoms with Crippen molar-refractivity contribution in [3.63, 3.8) is 0 Å². The van der Waals surface area contributed by atoms with E-state index >= 15 is 0 Å². The van der Waals surface area contributed by atoms with Crippen LogP contribution < -0.4 is 5.32 Å². The van der Waals surface area contributed by atoms with E-state index in [1.807, 2.05) is 12.1 Å². The van der Waals surface area contributed by atoms with E-state index in [0.717, 1.165) is 17.1 Å². The number of nitrogens with one attached hydrogen (secondary N) is 1. The molecule has 0 aliphatic rings. The Bertz CT molecular complexity index is 443. The molecule has 1 aromatic carbocycles. The van der Waals surface area contributed by atoms with Crippen LogP contribution in [0.3, 0.4) is 0 Å². The predicted octanol–water partition coefficient (Wildman–Crippen LogP) is 2.77. The van der Waals surface area contributed by atoms with E-state index in [0.29, 0.717) is 5.56 Å². The van der Waals surface area contributed by atoms with Crippen molar-refractivity contribution in [2.75, 3.05) is 5.75 Å². The standard InChI is InChI=1S/C14H17NO2S/c1-3-7-13(16)15-14(17)12-9-6-5-8-11(12)10-18-4-2/h3,5-6,8-9H,1,4,7,10H2,2H3,(H,15,16,17). The van der Waals surface area contributed by atoms with Crippen molar-refractivity contribution in [3.05, 3.63) is 48.0 Å². The second-order valence-corrected chi connectivity index (χ2v) is 4.94. The average Bonchev–Trinajstić information content (AvgIpc) is 2.36. The number of hydrogen-bond donors (Lipinski definition) is 1. The lowest BCUT2D eigenvalue weighted by molar-refractivity contribution is -0.119. The summed E-state index contributed by atoms with van der Waals surface area (Å²) in [5.41, 5.74) is 1.52. The highest BCUT2D eigenvalue weighted by Crippen LogP contribution is 2.16. The third-order valence-electron chi connectivity index (χ3n) is 2.31. The lowest BCUT2D eigenvalue weighted by Crippen LogP contribution is -2.30. The zero-order valence-electron chi connectivity index (χ0n) is 10.4. The lowest BCUT2D eigenvalue weighted by Gasteiger charge is -2.08. The minimum absolute atomic E-state index is 0.150. The van der Waals surface area contributed by atoms with Crippen LogP contribution in [0.5, 0.6) is 0 Å². The van der Waals surface area contributed by atoms with Crippen LogP contribution in [0.25, 0.3) is 0 Å². The summed E-state index contributed by atoms with van der Waals surface area (Å²) in [5, 5.41) is 2.36. The second-order valence-electron chi connectivity index (χ2n) is 3.66. The highest BCUT2D eigenvalue weighted by Gasteiger charge is 2.12. The zero-order valence-corrected chi connectivity index (χ0v) is 11.3. The topological polar surface area (TPSA) is 46.2 Å². The van der Waals surface area contributed by atoms with Crippen molar-refractivity contribution < 1.29 is 9.59 Å². The first-order chi connectivity index (χ1) is 8.69. The molecule has 1 N–H and O–H groups in total. The Hall–Kier alpha value is -1.55. The molecule has 0 fully saturated rings.